The molecular weight excluding hydrogens is 232 g/mol. The van der Waals surface area contributed by atoms with Crippen molar-refractivity contribution in [1.29, 1.82) is 0 Å². The summed E-state index contributed by atoms with van der Waals surface area (Å²) in [6.45, 7) is 1.09. The van der Waals surface area contributed by atoms with Crippen LogP contribution in [0.5, 0.6) is 0 Å². The van der Waals surface area contributed by atoms with E-state index in [4.69, 9.17) is 0 Å². The van der Waals surface area contributed by atoms with Crippen molar-refractivity contribution in [2.75, 3.05) is 5.75 Å². The summed E-state index contributed by atoms with van der Waals surface area (Å²) in [6.07, 6.45) is 0. The van der Waals surface area contributed by atoms with Crippen molar-refractivity contribution in [1.82, 2.24) is 5.32 Å². The van der Waals surface area contributed by atoms with Crippen molar-refractivity contribution in [3.63, 3.8) is 0 Å². The second-order valence-corrected chi connectivity index (χ2v) is 2.98. The minimum atomic E-state index is -2.52. The van der Waals surface area contributed by atoms with E-state index in [9.17, 15) is 23.5 Å². The van der Waals surface area contributed by atoms with Crippen LogP contribution in [0.1, 0.15) is 6.92 Å². The summed E-state index contributed by atoms with van der Waals surface area (Å²) in [4.78, 5) is 20.5. The normalized spacial score (nSPS) is 12.7. The molecule has 0 aliphatic carbocycles. The average molecular weight is 239 g/mol. The van der Waals surface area contributed by atoms with Crippen molar-refractivity contribution >= 4 is 23.0 Å². The smallest absolute Gasteiger partial charge is 0.772 e. The van der Waals surface area contributed by atoms with Gasteiger partial charge >= 0.3 is 59.1 Å². The fourth-order valence-corrected chi connectivity index (χ4v) is 1.04. The van der Waals surface area contributed by atoms with Crippen molar-refractivity contribution in [3.05, 3.63) is 0 Å². The molecule has 2 atom stereocenters. The molecule has 0 heterocycles. The summed E-state index contributed by atoms with van der Waals surface area (Å²) < 4.78 is 20.1. The van der Waals surface area contributed by atoms with Crippen LogP contribution in [-0.2, 0) is 20.7 Å². The molecule has 1 N–H and O–H groups in total. The van der Waals surface area contributed by atoms with Crippen molar-refractivity contribution in [2.24, 2.45) is 0 Å². The number of carboxylic acids is 1. The number of rotatable bonds is 4. The van der Waals surface area contributed by atoms with Crippen molar-refractivity contribution in [2.45, 2.75) is 13.0 Å². The molecule has 0 fully saturated rings. The molecule has 0 spiro atoms. The molecular formula is C5H7NNa2O5S. The third-order valence-electron chi connectivity index (χ3n) is 0.965. The van der Waals surface area contributed by atoms with Gasteiger partial charge < -0.3 is 19.8 Å². The first kappa shape index (κ1) is 20.5. The van der Waals surface area contributed by atoms with Gasteiger partial charge in [-0.15, -0.1) is 0 Å². The fraction of sp³-hybridized carbons (Fsp3) is 0.600. The van der Waals surface area contributed by atoms with Crippen LogP contribution < -0.4 is 69.5 Å². The monoisotopic (exact) mass is 239 g/mol. The number of carbonyl (C=O) groups excluding carboxylic acids is 2. The maximum Gasteiger partial charge on any atom is 1.00 e. The molecule has 0 saturated heterocycles. The topological polar surface area (TPSA) is 109 Å². The minimum Gasteiger partial charge on any atom is -0.772 e. The average Bonchev–Trinajstić information content (AvgIpc) is 1.83. The Labute approximate surface area is 128 Å². The Morgan fingerprint density at radius 3 is 2.07 bits per heavy atom. The van der Waals surface area contributed by atoms with E-state index >= 15 is 0 Å². The predicted octanol–water partition coefficient (Wildman–Crippen LogP) is -8.87. The van der Waals surface area contributed by atoms with E-state index in [1.54, 1.807) is 0 Å². The number of carboxylic acid groups (broad SMARTS) is 1. The number of amides is 1. The Kier molecular flexibility index (Phi) is 15.4. The Hall–Kier alpha value is 1.05. The van der Waals surface area contributed by atoms with E-state index in [0.717, 1.165) is 6.92 Å². The molecule has 0 aromatic rings. The molecule has 70 valence electrons. The molecule has 0 aromatic heterocycles. The maximum absolute atomic E-state index is 10.3. The number of carbonyl (C=O) groups is 2. The zero-order valence-electron chi connectivity index (χ0n) is 8.23. The van der Waals surface area contributed by atoms with Gasteiger partial charge in [-0.1, -0.05) is 11.1 Å². The summed E-state index contributed by atoms with van der Waals surface area (Å²) in [7, 11) is 0. The van der Waals surface area contributed by atoms with E-state index in [2.05, 4.69) is 0 Å². The molecule has 0 bridgehead atoms. The van der Waals surface area contributed by atoms with Crippen molar-refractivity contribution in [3.8, 4) is 0 Å². The molecule has 0 saturated carbocycles. The summed E-state index contributed by atoms with van der Waals surface area (Å²) in [5.74, 6) is -2.91. The van der Waals surface area contributed by atoms with E-state index < -0.39 is 34.8 Å². The Bertz CT molecular complexity index is 208. The Morgan fingerprint density at radius 1 is 1.43 bits per heavy atom. The summed E-state index contributed by atoms with van der Waals surface area (Å²) in [5.41, 5.74) is 0. The van der Waals surface area contributed by atoms with Gasteiger partial charge in [0.1, 0.15) is 0 Å². The number of hydrogen-bond donors (Lipinski definition) is 1. The van der Waals surface area contributed by atoms with Crippen molar-refractivity contribution < 1.29 is 82.6 Å². The fourth-order valence-electron chi connectivity index (χ4n) is 0.550. The quantitative estimate of drug-likeness (QED) is 0.387. The van der Waals surface area contributed by atoms with Gasteiger partial charge in [0.15, 0.2) is 0 Å². The van der Waals surface area contributed by atoms with Crippen LogP contribution in [0.25, 0.3) is 0 Å². The third kappa shape index (κ3) is 11.1. The van der Waals surface area contributed by atoms with Gasteiger partial charge in [0.2, 0.25) is 5.91 Å². The largest absolute Gasteiger partial charge is 1.00 e. The van der Waals surface area contributed by atoms with Crippen LogP contribution >= 0.6 is 0 Å². The molecule has 0 aromatic carbocycles. The molecule has 1 unspecified atom stereocenters. The predicted molar refractivity (Wildman–Crippen MR) is 36.4 cm³/mol. The standard InChI is InChI=1S/C5H9NO5S.2Na/c1-3(7)6-4(5(8)9)2-12(10)11;;/h4H,2H2,1H3,(H,6,7)(H,8,9)(H,10,11);;/q;2*+1/p-2/t4-;;/m0../s1. The number of nitrogens with one attached hydrogen (secondary N) is 1. The summed E-state index contributed by atoms with van der Waals surface area (Å²) >= 11 is -2.52. The molecule has 0 rings (SSSR count). The van der Waals surface area contributed by atoms with E-state index in [1.807, 2.05) is 5.32 Å². The van der Waals surface area contributed by atoms with E-state index in [1.165, 1.54) is 0 Å². The van der Waals surface area contributed by atoms with Crippen LogP contribution in [0, 0.1) is 0 Å². The molecule has 0 radical (unpaired) electrons. The summed E-state index contributed by atoms with van der Waals surface area (Å²) in [5, 5.41) is 12.1. The van der Waals surface area contributed by atoms with Gasteiger partial charge in [-0.25, -0.2) is 0 Å². The zero-order chi connectivity index (χ0) is 9.72. The Balaban J connectivity index is -0.000000605. The molecule has 0 aliphatic rings. The van der Waals surface area contributed by atoms with E-state index in [0.29, 0.717) is 0 Å². The van der Waals surface area contributed by atoms with Gasteiger partial charge in [-0.2, -0.15) is 0 Å². The first-order valence-corrected chi connectivity index (χ1v) is 4.21. The maximum atomic E-state index is 10.3. The molecule has 9 heteroatoms. The van der Waals surface area contributed by atoms with Gasteiger partial charge in [0.05, 0.1) is 12.0 Å². The van der Waals surface area contributed by atoms with E-state index in [-0.39, 0.29) is 59.1 Å². The molecule has 6 nitrogen and oxygen atoms in total. The molecule has 0 aliphatic heterocycles. The molecule has 1 amide bonds. The Morgan fingerprint density at radius 2 is 1.86 bits per heavy atom. The van der Waals surface area contributed by atoms with Gasteiger partial charge in [0, 0.05) is 12.7 Å². The zero-order valence-corrected chi connectivity index (χ0v) is 13.1. The number of hydrogen-bond acceptors (Lipinski definition) is 5. The summed E-state index contributed by atoms with van der Waals surface area (Å²) in [6, 6.07) is -1.47. The minimum absolute atomic E-state index is 0. The number of aliphatic carboxylic acids is 1. The van der Waals surface area contributed by atoms with Crippen LogP contribution in [0.4, 0.5) is 0 Å². The third-order valence-corrected chi connectivity index (χ3v) is 1.57. The van der Waals surface area contributed by atoms with Gasteiger partial charge in [0.25, 0.3) is 0 Å². The van der Waals surface area contributed by atoms with Crippen LogP contribution in [0.15, 0.2) is 0 Å². The second kappa shape index (κ2) is 10.6. The first-order valence-electron chi connectivity index (χ1n) is 2.97. The second-order valence-electron chi connectivity index (χ2n) is 2.04. The van der Waals surface area contributed by atoms with Crippen LogP contribution in [0.2, 0.25) is 0 Å². The molecule has 14 heavy (non-hydrogen) atoms. The van der Waals surface area contributed by atoms with Gasteiger partial charge in [-0.3, -0.25) is 9.00 Å². The van der Waals surface area contributed by atoms with Crippen LogP contribution in [-0.4, -0.2) is 32.4 Å². The van der Waals surface area contributed by atoms with Crippen LogP contribution in [0.3, 0.4) is 0 Å². The van der Waals surface area contributed by atoms with Gasteiger partial charge in [-0.05, 0) is 0 Å². The first-order chi connectivity index (χ1) is 5.43. The SMILES string of the molecule is CC(=O)N[C@@H](CS(=O)[O-])C(=O)[O-].[Na+].[Na+].